The number of ether oxygens (including phenoxy) is 2. The molecule has 1 aliphatic heterocycles. The molecule has 0 aliphatic carbocycles. The van der Waals surface area contributed by atoms with Gasteiger partial charge in [-0.05, 0) is 37.6 Å². The average molecular weight is 536 g/mol. The third kappa shape index (κ3) is 4.59. The molecule has 9 nitrogen and oxygen atoms in total. The van der Waals surface area contributed by atoms with Crippen molar-refractivity contribution in [2.24, 2.45) is 5.73 Å². The minimum Gasteiger partial charge on any atom is -0.495 e. The van der Waals surface area contributed by atoms with Crippen LogP contribution < -0.4 is 20.5 Å². The summed E-state index contributed by atoms with van der Waals surface area (Å²) >= 11 is 6.10. The summed E-state index contributed by atoms with van der Waals surface area (Å²) in [5, 5.41) is 2.69. The molecule has 37 heavy (non-hydrogen) atoms. The topological polar surface area (TPSA) is 120 Å². The van der Waals surface area contributed by atoms with E-state index in [0.717, 1.165) is 0 Å². The maximum Gasteiger partial charge on any atom is 0.423 e. The van der Waals surface area contributed by atoms with Gasteiger partial charge < -0.3 is 25.4 Å². The SMILES string of the molecule is COc1cc(C(N)=O)c(Cl)cc1Nc1ncc(C(F)(F)F)c(Oc2cccc3c2C(=O)N(C)C3(C)C)n1. The number of hydrogen-bond acceptors (Lipinski definition) is 7. The molecule has 0 fully saturated rings. The second-order valence-corrected chi connectivity index (χ2v) is 9.04. The predicted octanol–water partition coefficient (Wildman–Crippen LogP) is 5.11. The zero-order valence-electron chi connectivity index (χ0n) is 20.0. The van der Waals surface area contributed by atoms with E-state index in [2.05, 4.69) is 15.3 Å². The molecule has 3 N–H and O–H groups in total. The van der Waals surface area contributed by atoms with Crippen LogP contribution in [0.25, 0.3) is 0 Å². The van der Waals surface area contributed by atoms with E-state index in [1.807, 2.05) is 13.8 Å². The van der Waals surface area contributed by atoms with Gasteiger partial charge in [0.1, 0.15) is 17.1 Å². The fraction of sp³-hybridized carbons (Fsp3) is 0.250. The third-order valence-electron chi connectivity index (χ3n) is 6.11. The van der Waals surface area contributed by atoms with Gasteiger partial charge in [0.2, 0.25) is 17.7 Å². The lowest BCUT2D eigenvalue weighted by molar-refractivity contribution is -0.139. The quantitative estimate of drug-likeness (QED) is 0.450. The van der Waals surface area contributed by atoms with Gasteiger partial charge in [0.05, 0.1) is 34.5 Å². The number of amides is 2. The highest BCUT2D eigenvalue weighted by molar-refractivity contribution is 6.34. The lowest BCUT2D eigenvalue weighted by Gasteiger charge is -2.28. The summed E-state index contributed by atoms with van der Waals surface area (Å²) in [7, 11) is 2.91. The van der Waals surface area contributed by atoms with Crippen LogP contribution in [0, 0.1) is 0 Å². The molecule has 0 unspecified atom stereocenters. The molecule has 0 bridgehead atoms. The monoisotopic (exact) mass is 535 g/mol. The number of alkyl halides is 3. The van der Waals surface area contributed by atoms with Gasteiger partial charge in [-0.2, -0.15) is 18.2 Å². The van der Waals surface area contributed by atoms with Crippen molar-refractivity contribution in [3.63, 3.8) is 0 Å². The number of nitrogens with two attached hydrogens (primary N) is 1. The highest BCUT2D eigenvalue weighted by Crippen LogP contribution is 2.44. The van der Waals surface area contributed by atoms with Crippen LogP contribution in [0.2, 0.25) is 5.02 Å². The van der Waals surface area contributed by atoms with Crippen LogP contribution in [0.15, 0.2) is 36.5 Å². The summed E-state index contributed by atoms with van der Waals surface area (Å²) in [6.45, 7) is 3.63. The number of hydrogen-bond donors (Lipinski definition) is 2. The number of aromatic nitrogens is 2. The van der Waals surface area contributed by atoms with Crippen LogP contribution in [0.4, 0.5) is 24.8 Å². The van der Waals surface area contributed by atoms with Gasteiger partial charge >= 0.3 is 6.18 Å². The Hall–Kier alpha value is -4.06. The molecule has 3 aromatic rings. The van der Waals surface area contributed by atoms with Gasteiger partial charge in [0, 0.05) is 13.2 Å². The molecule has 0 saturated heterocycles. The summed E-state index contributed by atoms with van der Waals surface area (Å²) in [5.41, 5.74) is 4.24. The number of fused-ring (bicyclic) bond motifs is 1. The minimum absolute atomic E-state index is 0.0167. The van der Waals surface area contributed by atoms with Crippen LogP contribution in [0.1, 0.15) is 45.7 Å². The molecule has 0 atom stereocenters. The Bertz CT molecular complexity index is 1430. The molecular weight excluding hydrogens is 515 g/mol. The first-order valence-corrected chi connectivity index (χ1v) is 11.1. The minimum atomic E-state index is -4.85. The summed E-state index contributed by atoms with van der Waals surface area (Å²) in [6.07, 6.45) is -4.30. The Morgan fingerprint density at radius 3 is 2.54 bits per heavy atom. The Morgan fingerprint density at radius 2 is 1.92 bits per heavy atom. The van der Waals surface area contributed by atoms with E-state index in [9.17, 15) is 22.8 Å². The molecular formula is C24H21ClF3N5O4. The Kier molecular flexibility index (Phi) is 6.40. The summed E-state index contributed by atoms with van der Waals surface area (Å²) in [5.74, 6) is -2.28. The molecule has 4 rings (SSSR count). The van der Waals surface area contributed by atoms with Crippen molar-refractivity contribution < 1.29 is 32.2 Å². The van der Waals surface area contributed by atoms with E-state index < -0.39 is 35.0 Å². The number of primary amides is 1. The van der Waals surface area contributed by atoms with E-state index in [1.165, 1.54) is 30.2 Å². The number of nitrogens with zero attached hydrogens (tertiary/aromatic N) is 3. The first-order chi connectivity index (χ1) is 17.3. The predicted molar refractivity (Wildman–Crippen MR) is 128 cm³/mol. The van der Waals surface area contributed by atoms with Gasteiger partial charge in [0.15, 0.2) is 0 Å². The van der Waals surface area contributed by atoms with E-state index in [0.29, 0.717) is 11.8 Å². The van der Waals surface area contributed by atoms with Gasteiger partial charge in [-0.25, -0.2) is 4.98 Å². The van der Waals surface area contributed by atoms with Crippen molar-refractivity contribution in [2.75, 3.05) is 19.5 Å². The molecule has 2 heterocycles. The number of carbonyl (C=O) groups is 2. The maximum atomic E-state index is 13.8. The summed E-state index contributed by atoms with van der Waals surface area (Å²) < 4.78 is 52.2. The molecule has 194 valence electrons. The number of benzene rings is 2. The van der Waals surface area contributed by atoms with Gasteiger partial charge in [-0.15, -0.1) is 0 Å². The molecule has 0 saturated carbocycles. The van der Waals surface area contributed by atoms with Crippen molar-refractivity contribution in [2.45, 2.75) is 25.6 Å². The van der Waals surface area contributed by atoms with Crippen molar-refractivity contribution in [1.82, 2.24) is 14.9 Å². The van der Waals surface area contributed by atoms with Crippen molar-refractivity contribution in [3.05, 3.63) is 63.8 Å². The standard InChI is InChI=1S/C24H21ClF3N5O4/c1-23(2)12-6-5-7-16(18(12)21(35)33(23)3)37-20-13(24(26,27)28)10-30-22(32-20)31-15-9-14(25)11(19(29)34)8-17(15)36-4/h5-10H,1-4H3,(H2,29,34)(H,30,31,32). The van der Waals surface area contributed by atoms with Crippen LogP contribution in [0.5, 0.6) is 17.4 Å². The second kappa shape index (κ2) is 9.11. The first-order valence-electron chi connectivity index (χ1n) is 10.7. The number of halogens is 4. The number of rotatable bonds is 6. The molecule has 13 heteroatoms. The van der Waals surface area contributed by atoms with E-state index >= 15 is 0 Å². The van der Waals surface area contributed by atoms with Crippen LogP contribution in [-0.4, -0.2) is 40.8 Å². The highest BCUT2D eigenvalue weighted by atomic mass is 35.5. The van der Waals surface area contributed by atoms with Crippen molar-refractivity contribution in [3.8, 4) is 17.4 Å². The second-order valence-electron chi connectivity index (χ2n) is 8.64. The molecule has 2 amide bonds. The Morgan fingerprint density at radius 1 is 1.22 bits per heavy atom. The van der Waals surface area contributed by atoms with E-state index in [1.54, 1.807) is 19.2 Å². The average Bonchev–Trinajstić information content (AvgIpc) is 2.99. The summed E-state index contributed by atoms with van der Waals surface area (Å²) in [6, 6.07) is 7.26. The smallest absolute Gasteiger partial charge is 0.423 e. The van der Waals surface area contributed by atoms with Crippen LogP contribution >= 0.6 is 11.6 Å². The highest BCUT2D eigenvalue weighted by Gasteiger charge is 2.43. The molecule has 0 radical (unpaired) electrons. The van der Waals surface area contributed by atoms with Gasteiger partial charge in [-0.3, -0.25) is 9.59 Å². The Balaban J connectivity index is 1.78. The van der Waals surface area contributed by atoms with Crippen molar-refractivity contribution >= 4 is 35.1 Å². The Labute approximate surface area is 214 Å². The first kappa shape index (κ1) is 26.0. The zero-order valence-corrected chi connectivity index (χ0v) is 20.8. The number of nitrogens with one attached hydrogen (secondary N) is 1. The molecule has 0 spiro atoms. The van der Waals surface area contributed by atoms with E-state index in [-0.39, 0.29) is 39.3 Å². The lowest BCUT2D eigenvalue weighted by Crippen LogP contribution is -2.35. The van der Waals surface area contributed by atoms with Crippen molar-refractivity contribution in [1.29, 1.82) is 0 Å². The van der Waals surface area contributed by atoms with Crippen LogP contribution in [-0.2, 0) is 11.7 Å². The van der Waals surface area contributed by atoms with Gasteiger partial charge in [0.25, 0.3) is 5.91 Å². The third-order valence-corrected chi connectivity index (χ3v) is 6.42. The number of methoxy groups -OCH3 is 1. The molecule has 1 aliphatic rings. The number of anilines is 2. The molecule has 2 aromatic carbocycles. The normalized spacial score (nSPS) is 14.4. The van der Waals surface area contributed by atoms with Gasteiger partial charge in [-0.1, -0.05) is 23.7 Å². The zero-order chi connectivity index (χ0) is 27.3. The van der Waals surface area contributed by atoms with E-state index in [4.69, 9.17) is 26.8 Å². The fourth-order valence-corrected chi connectivity index (χ4v) is 4.14. The fourth-order valence-electron chi connectivity index (χ4n) is 3.88. The number of carbonyl (C=O) groups excluding carboxylic acids is 2. The largest absolute Gasteiger partial charge is 0.495 e. The molecule has 1 aromatic heterocycles. The summed E-state index contributed by atoms with van der Waals surface area (Å²) in [4.78, 5) is 33.6. The van der Waals surface area contributed by atoms with Crippen LogP contribution in [0.3, 0.4) is 0 Å². The maximum absolute atomic E-state index is 13.8. The lowest BCUT2D eigenvalue weighted by atomic mass is 9.94.